The van der Waals surface area contributed by atoms with Gasteiger partial charge in [0.2, 0.25) is 0 Å². The van der Waals surface area contributed by atoms with E-state index in [9.17, 15) is 13.2 Å². The van der Waals surface area contributed by atoms with Gasteiger partial charge in [-0.25, -0.2) is 4.98 Å². The molecule has 1 nitrogen and oxygen atoms in total. The molecule has 1 saturated carbocycles. The van der Waals surface area contributed by atoms with Crippen molar-refractivity contribution in [3.63, 3.8) is 0 Å². The molecule has 1 aromatic heterocycles. The molecule has 1 aromatic carbocycles. The minimum Gasteiger partial charge on any atom is -0.245 e. The summed E-state index contributed by atoms with van der Waals surface area (Å²) in [6.45, 7) is 2.06. The topological polar surface area (TPSA) is 12.9 Å². The summed E-state index contributed by atoms with van der Waals surface area (Å²) in [5, 5.41) is 1.07. The van der Waals surface area contributed by atoms with Crippen LogP contribution >= 0.6 is 11.3 Å². The van der Waals surface area contributed by atoms with Crippen LogP contribution < -0.4 is 0 Å². The smallest absolute Gasteiger partial charge is 0.245 e. The third-order valence-corrected chi connectivity index (χ3v) is 5.48. The largest absolute Gasteiger partial charge is 0.416 e. The average molecular weight is 325 g/mol. The Balaban J connectivity index is 1.98. The van der Waals surface area contributed by atoms with E-state index in [1.807, 2.05) is 0 Å². The molecule has 0 amide bonds. The fraction of sp³-hybridized carbons (Fsp3) is 0.471. The second kappa shape index (κ2) is 6.03. The number of aromatic nitrogens is 1. The fourth-order valence-corrected chi connectivity index (χ4v) is 4.12. The van der Waals surface area contributed by atoms with Gasteiger partial charge in [0.1, 0.15) is 0 Å². The van der Waals surface area contributed by atoms with Gasteiger partial charge in [0.05, 0.1) is 21.1 Å². The van der Waals surface area contributed by atoms with Crippen LogP contribution in [0.5, 0.6) is 0 Å². The van der Waals surface area contributed by atoms with E-state index in [1.54, 1.807) is 23.5 Å². The number of hydrogen-bond donors (Lipinski definition) is 0. The predicted octanol–water partition coefficient (Wildman–Crippen LogP) is 6.05. The summed E-state index contributed by atoms with van der Waals surface area (Å²) < 4.78 is 38.1. The third-order valence-electron chi connectivity index (χ3n) is 4.22. The molecule has 2 aromatic rings. The summed E-state index contributed by atoms with van der Waals surface area (Å²) in [7, 11) is 0. The average Bonchev–Trinajstić information content (AvgIpc) is 3.15. The van der Waals surface area contributed by atoms with Gasteiger partial charge in [-0.05, 0) is 37.0 Å². The first-order valence-corrected chi connectivity index (χ1v) is 8.48. The van der Waals surface area contributed by atoms with Gasteiger partial charge in [0.25, 0.3) is 0 Å². The van der Waals surface area contributed by atoms with Gasteiger partial charge in [-0.3, -0.25) is 0 Å². The number of rotatable bonds is 3. The highest BCUT2D eigenvalue weighted by Gasteiger charge is 2.30. The molecule has 0 atom stereocenters. The van der Waals surface area contributed by atoms with E-state index < -0.39 is 11.7 Å². The summed E-state index contributed by atoms with van der Waals surface area (Å²) in [5.74, 6) is 0.467. The summed E-state index contributed by atoms with van der Waals surface area (Å²) >= 11 is 1.62. The molecule has 0 radical (unpaired) electrons. The number of alkyl halides is 3. The number of hydrogen-bond acceptors (Lipinski definition) is 2. The van der Waals surface area contributed by atoms with E-state index in [1.165, 1.54) is 25.0 Å². The predicted molar refractivity (Wildman–Crippen MR) is 83.1 cm³/mol. The number of aryl methyl sites for hydroxylation is 1. The second-order valence-corrected chi connectivity index (χ2v) is 6.82. The first-order valence-electron chi connectivity index (χ1n) is 7.66. The summed E-state index contributed by atoms with van der Waals surface area (Å²) in [4.78, 5) is 5.81. The van der Waals surface area contributed by atoms with Crippen LogP contribution in [0.1, 0.15) is 54.8 Å². The van der Waals surface area contributed by atoms with Crippen LogP contribution in [0.15, 0.2) is 24.3 Å². The van der Waals surface area contributed by atoms with Crippen molar-refractivity contribution in [3.05, 3.63) is 40.5 Å². The number of benzene rings is 1. The maximum atomic E-state index is 12.7. The molecule has 3 rings (SSSR count). The van der Waals surface area contributed by atoms with Crippen molar-refractivity contribution in [2.24, 2.45) is 0 Å². The Kier molecular flexibility index (Phi) is 4.26. The SMILES string of the molecule is CCc1nc(C2CCCC2)c(-c2ccc(C(F)(F)F)cc2)s1. The molecular weight excluding hydrogens is 307 g/mol. The molecule has 22 heavy (non-hydrogen) atoms. The zero-order valence-electron chi connectivity index (χ0n) is 12.4. The lowest BCUT2D eigenvalue weighted by Gasteiger charge is -2.10. The molecule has 5 heteroatoms. The molecule has 0 N–H and O–H groups in total. The van der Waals surface area contributed by atoms with E-state index in [4.69, 9.17) is 4.98 Å². The van der Waals surface area contributed by atoms with Crippen molar-refractivity contribution in [3.8, 4) is 10.4 Å². The lowest BCUT2D eigenvalue weighted by atomic mass is 9.99. The standard InChI is InChI=1S/C17H18F3NS/c1-2-14-21-15(11-5-3-4-6-11)16(22-14)12-7-9-13(10-8-12)17(18,19)20/h7-11H,2-6H2,1H3. The number of halogens is 3. The summed E-state index contributed by atoms with van der Waals surface area (Å²) in [5.41, 5.74) is 1.35. The molecule has 0 spiro atoms. The molecule has 1 heterocycles. The fourth-order valence-electron chi connectivity index (χ4n) is 3.02. The van der Waals surface area contributed by atoms with E-state index >= 15 is 0 Å². The van der Waals surface area contributed by atoms with Crippen molar-refractivity contribution in [2.45, 2.75) is 51.1 Å². The van der Waals surface area contributed by atoms with Crippen LogP contribution in [-0.2, 0) is 12.6 Å². The maximum Gasteiger partial charge on any atom is 0.416 e. The zero-order chi connectivity index (χ0) is 15.7. The van der Waals surface area contributed by atoms with Gasteiger partial charge in [0.15, 0.2) is 0 Å². The monoisotopic (exact) mass is 325 g/mol. The normalized spacial score (nSPS) is 16.4. The van der Waals surface area contributed by atoms with Crippen molar-refractivity contribution in [1.82, 2.24) is 4.98 Å². The Morgan fingerprint density at radius 3 is 2.32 bits per heavy atom. The van der Waals surface area contributed by atoms with Crippen LogP contribution in [0.25, 0.3) is 10.4 Å². The minimum absolute atomic E-state index is 0.467. The van der Waals surface area contributed by atoms with E-state index in [2.05, 4.69) is 6.92 Å². The van der Waals surface area contributed by atoms with Crippen molar-refractivity contribution >= 4 is 11.3 Å². The second-order valence-electron chi connectivity index (χ2n) is 5.73. The molecule has 1 fully saturated rings. The molecule has 1 aliphatic rings. The molecule has 0 saturated heterocycles. The first kappa shape index (κ1) is 15.5. The lowest BCUT2D eigenvalue weighted by molar-refractivity contribution is -0.137. The van der Waals surface area contributed by atoms with Crippen molar-refractivity contribution < 1.29 is 13.2 Å². The molecule has 118 valence electrons. The summed E-state index contributed by atoms with van der Waals surface area (Å²) in [6, 6.07) is 5.49. The van der Waals surface area contributed by atoms with E-state index in [0.717, 1.165) is 40.4 Å². The Morgan fingerprint density at radius 2 is 1.77 bits per heavy atom. The molecule has 0 aliphatic heterocycles. The maximum absolute atomic E-state index is 12.7. The highest BCUT2D eigenvalue weighted by atomic mass is 32.1. The summed E-state index contributed by atoms with van der Waals surface area (Å²) in [6.07, 6.45) is 1.30. The van der Waals surface area contributed by atoms with Crippen LogP contribution in [0.4, 0.5) is 13.2 Å². The zero-order valence-corrected chi connectivity index (χ0v) is 13.2. The Bertz CT molecular complexity index is 637. The highest BCUT2D eigenvalue weighted by Crippen LogP contribution is 2.42. The van der Waals surface area contributed by atoms with Crippen molar-refractivity contribution in [2.75, 3.05) is 0 Å². The Hall–Kier alpha value is -1.36. The van der Waals surface area contributed by atoms with E-state index in [-0.39, 0.29) is 0 Å². The van der Waals surface area contributed by atoms with Crippen LogP contribution in [-0.4, -0.2) is 4.98 Å². The van der Waals surface area contributed by atoms with E-state index in [0.29, 0.717) is 5.92 Å². The van der Waals surface area contributed by atoms with Crippen LogP contribution in [0.2, 0.25) is 0 Å². The van der Waals surface area contributed by atoms with Gasteiger partial charge in [-0.15, -0.1) is 11.3 Å². The molecule has 0 bridgehead atoms. The third kappa shape index (κ3) is 3.05. The van der Waals surface area contributed by atoms with Crippen LogP contribution in [0.3, 0.4) is 0 Å². The Morgan fingerprint density at radius 1 is 1.14 bits per heavy atom. The quantitative estimate of drug-likeness (QED) is 0.669. The van der Waals surface area contributed by atoms with Gasteiger partial charge in [-0.1, -0.05) is 31.9 Å². The first-order chi connectivity index (χ1) is 10.5. The Labute approximate surface area is 132 Å². The van der Waals surface area contributed by atoms with Gasteiger partial charge in [0, 0.05) is 5.92 Å². The molecular formula is C17H18F3NS. The molecule has 1 aliphatic carbocycles. The van der Waals surface area contributed by atoms with Gasteiger partial charge < -0.3 is 0 Å². The van der Waals surface area contributed by atoms with Crippen molar-refractivity contribution in [1.29, 1.82) is 0 Å². The number of thiazole rings is 1. The molecule has 0 unspecified atom stereocenters. The van der Waals surface area contributed by atoms with Gasteiger partial charge in [-0.2, -0.15) is 13.2 Å². The van der Waals surface area contributed by atoms with Gasteiger partial charge >= 0.3 is 6.18 Å². The number of nitrogens with zero attached hydrogens (tertiary/aromatic N) is 1. The highest BCUT2D eigenvalue weighted by molar-refractivity contribution is 7.15. The van der Waals surface area contributed by atoms with Crippen LogP contribution in [0, 0.1) is 0 Å². The minimum atomic E-state index is -4.28. The lowest BCUT2D eigenvalue weighted by Crippen LogP contribution is -2.04.